The SMILES string of the molecule is COc1cc(/C=C2\SC(=O)N(CC(=O)N3CCOCC3)C2=O)cc(Br)c1OS(=O)(=O)c1ccc(Cl)cc1. The first-order valence-electron chi connectivity index (χ1n) is 10.8. The minimum Gasteiger partial charge on any atom is -0.493 e. The van der Waals surface area contributed by atoms with Gasteiger partial charge >= 0.3 is 10.1 Å². The maximum Gasteiger partial charge on any atom is 0.339 e. The third kappa shape index (κ3) is 6.29. The first-order valence-corrected chi connectivity index (χ1v) is 14.2. The number of nitrogens with zero attached hydrogens (tertiary/aromatic N) is 2. The van der Waals surface area contributed by atoms with E-state index in [0.717, 1.165) is 4.90 Å². The van der Waals surface area contributed by atoms with Gasteiger partial charge in [-0.15, -0.1) is 0 Å². The van der Waals surface area contributed by atoms with Gasteiger partial charge in [0, 0.05) is 18.1 Å². The van der Waals surface area contributed by atoms with Gasteiger partial charge in [0.15, 0.2) is 11.5 Å². The van der Waals surface area contributed by atoms with Crippen molar-refractivity contribution in [1.82, 2.24) is 9.80 Å². The molecule has 2 fully saturated rings. The molecule has 37 heavy (non-hydrogen) atoms. The van der Waals surface area contributed by atoms with E-state index in [2.05, 4.69) is 15.9 Å². The Labute approximate surface area is 230 Å². The Kier molecular flexibility index (Phi) is 8.49. The predicted octanol–water partition coefficient (Wildman–Crippen LogP) is 3.77. The highest BCUT2D eigenvalue weighted by Gasteiger charge is 2.37. The molecule has 196 valence electrons. The number of morpholine rings is 1. The third-order valence-corrected chi connectivity index (χ3v) is 8.36. The number of ether oxygens (including phenoxy) is 2. The number of methoxy groups -OCH3 is 1. The third-order valence-electron chi connectivity index (χ3n) is 5.38. The average Bonchev–Trinajstić information content (AvgIpc) is 3.13. The molecule has 2 aliphatic heterocycles. The zero-order valence-electron chi connectivity index (χ0n) is 19.3. The quantitative estimate of drug-likeness (QED) is 0.332. The molecule has 10 nitrogen and oxygen atoms in total. The molecule has 0 spiro atoms. The lowest BCUT2D eigenvalue weighted by molar-refractivity contribution is -0.139. The maximum absolute atomic E-state index is 12.9. The summed E-state index contributed by atoms with van der Waals surface area (Å²) >= 11 is 9.83. The number of carbonyl (C=O) groups is 3. The highest BCUT2D eigenvalue weighted by atomic mass is 79.9. The fourth-order valence-corrected chi connectivity index (χ4v) is 6.07. The van der Waals surface area contributed by atoms with E-state index in [4.69, 9.17) is 25.3 Å². The van der Waals surface area contributed by atoms with E-state index in [0.29, 0.717) is 48.7 Å². The van der Waals surface area contributed by atoms with Crippen molar-refractivity contribution in [2.24, 2.45) is 0 Å². The van der Waals surface area contributed by atoms with E-state index in [9.17, 15) is 22.8 Å². The number of carbonyl (C=O) groups excluding carboxylic acids is 3. The van der Waals surface area contributed by atoms with Crippen LogP contribution in [0.5, 0.6) is 11.5 Å². The van der Waals surface area contributed by atoms with E-state index in [-0.39, 0.29) is 38.2 Å². The fourth-order valence-electron chi connectivity index (χ4n) is 3.50. The smallest absolute Gasteiger partial charge is 0.339 e. The van der Waals surface area contributed by atoms with Crippen molar-refractivity contribution in [1.29, 1.82) is 0 Å². The van der Waals surface area contributed by atoms with Gasteiger partial charge in [-0.3, -0.25) is 19.3 Å². The monoisotopic (exact) mass is 630 g/mol. The molecule has 14 heteroatoms. The van der Waals surface area contributed by atoms with Gasteiger partial charge in [-0.1, -0.05) is 11.6 Å². The van der Waals surface area contributed by atoms with Crippen LogP contribution in [0, 0.1) is 0 Å². The average molecular weight is 632 g/mol. The van der Waals surface area contributed by atoms with Crippen molar-refractivity contribution in [2.45, 2.75) is 4.90 Å². The molecule has 4 rings (SSSR count). The van der Waals surface area contributed by atoms with Crippen molar-refractivity contribution >= 4 is 72.5 Å². The van der Waals surface area contributed by atoms with Crippen LogP contribution in [0.25, 0.3) is 6.08 Å². The molecule has 2 aromatic rings. The second kappa shape index (κ2) is 11.4. The molecule has 0 aromatic heterocycles. The van der Waals surface area contributed by atoms with E-state index in [1.54, 1.807) is 4.90 Å². The number of halogens is 2. The van der Waals surface area contributed by atoms with Crippen molar-refractivity contribution in [2.75, 3.05) is 40.0 Å². The van der Waals surface area contributed by atoms with E-state index in [1.807, 2.05) is 0 Å². The summed E-state index contributed by atoms with van der Waals surface area (Å²) in [6.07, 6.45) is 1.45. The minimum atomic E-state index is -4.20. The van der Waals surface area contributed by atoms with Crippen LogP contribution >= 0.6 is 39.3 Å². The molecule has 2 aliphatic rings. The molecule has 3 amide bonds. The number of imide groups is 1. The molecule has 0 saturated carbocycles. The van der Waals surface area contributed by atoms with Crippen molar-refractivity contribution in [3.8, 4) is 11.5 Å². The summed E-state index contributed by atoms with van der Waals surface area (Å²) in [7, 11) is -2.87. The zero-order chi connectivity index (χ0) is 26.7. The number of rotatable bonds is 7. The summed E-state index contributed by atoms with van der Waals surface area (Å²) in [5, 5.41) is -0.185. The summed E-state index contributed by atoms with van der Waals surface area (Å²) in [4.78, 5) is 40.3. The van der Waals surface area contributed by atoms with Gasteiger partial charge in [0.25, 0.3) is 11.1 Å². The second-order valence-corrected chi connectivity index (χ2v) is 11.6. The molecule has 2 saturated heterocycles. The normalized spacial score (nSPS) is 17.4. The number of hydrogen-bond acceptors (Lipinski definition) is 9. The highest BCUT2D eigenvalue weighted by molar-refractivity contribution is 9.10. The van der Waals surface area contributed by atoms with Crippen LogP contribution in [0.3, 0.4) is 0 Å². The molecule has 0 N–H and O–H groups in total. The summed E-state index contributed by atoms with van der Waals surface area (Å²) in [5.74, 6) is -0.962. The van der Waals surface area contributed by atoms with Crippen LogP contribution < -0.4 is 8.92 Å². The van der Waals surface area contributed by atoms with Gasteiger partial charge in [0.1, 0.15) is 11.4 Å². The van der Waals surface area contributed by atoms with Crippen LogP contribution in [0.1, 0.15) is 5.56 Å². The van der Waals surface area contributed by atoms with Crippen LogP contribution in [-0.2, 0) is 24.4 Å². The van der Waals surface area contributed by atoms with Gasteiger partial charge < -0.3 is 18.6 Å². The van der Waals surface area contributed by atoms with Gasteiger partial charge in [-0.05, 0) is 75.7 Å². The van der Waals surface area contributed by atoms with E-state index in [1.165, 1.54) is 49.6 Å². The Bertz CT molecular complexity index is 1380. The Hall–Kier alpha value is -2.58. The van der Waals surface area contributed by atoms with Gasteiger partial charge in [-0.2, -0.15) is 8.42 Å². The van der Waals surface area contributed by atoms with Gasteiger partial charge in [0.2, 0.25) is 5.91 Å². The van der Waals surface area contributed by atoms with Crippen LogP contribution in [0.4, 0.5) is 4.79 Å². The lowest BCUT2D eigenvalue weighted by Crippen LogP contribution is -2.46. The summed E-state index contributed by atoms with van der Waals surface area (Å²) in [5.41, 5.74) is 0.435. The molecule has 0 bridgehead atoms. The summed E-state index contributed by atoms with van der Waals surface area (Å²) < 4.78 is 41.6. The molecule has 0 unspecified atom stereocenters. The second-order valence-electron chi connectivity index (χ2n) is 7.79. The molecule has 0 atom stereocenters. The molecule has 0 aliphatic carbocycles. The van der Waals surface area contributed by atoms with E-state index < -0.39 is 21.3 Å². The Morgan fingerprint density at radius 2 is 1.86 bits per heavy atom. The van der Waals surface area contributed by atoms with E-state index >= 15 is 0 Å². The fraction of sp³-hybridized carbons (Fsp3) is 0.261. The molecular formula is C23H20BrClN2O8S2. The van der Waals surface area contributed by atoms with Gasteiger partial charge in [-0.25, -0.2) is 0 Å². The Balaban J connectivity index is 1.54. The highest BCUT2D eigenvalue weighted by Crippen LogP contribution is 2.40. The van der Waals surface area contributed by atoms with Crippen molar-refractivity contribution in [3.63, 3.8) is 0 Å². The predicted molar refractivity (Wildman–Crippen MR) is 140 cm³/mol. The topological polar surface area (TPSA) is 120 Å². The molecule has 2 aromatic carbocycles. The standard InChI is InChI=1S/C23H20BrClN2O8S2/c1-33-18-11-14(10-17(24)21(18)35-37(31,32)16-4-2-15(25)3-5-16)12-19-22(29)27(23(30)36-19)13-20(28)26-6-8-34-9-7-26/h2-5,10-12H,6-9,13H2,1H3/b19-12-. The number of hydrogen-bond donors (Lipinski definition) is 0. The summed E-state index contributed by atoms with van der Waals surface area (Å²) in [6.45, 7) is 1.27. The van der Waals surface area contributed by atoms with Crippen LogP contribution in [0.2, 0.25) is 5.02 Å². The first kappa shape index (κ1) is 27.5. The molecule has 0 radical (unpaired) electrons. The van der Waals surface area contributed by atoms with Crippen LogP contribution in [-0.4, -0.2) is 75.2 Å². The minimum absolute atomic E-state index is 0.0693. The van der Waals surface area contributed by atoms with Crippen molar-refractivity contribution < 1.29 is 36.5 Å². The molecule has 2 heterocycles. The number of amides is 3. The number of benzene rings is 2. The largest absolute Gasteiger partial charge is 0.493 e. The lowest BCUT2D eigenvalue weighted by Gasteiger charge is -2.28. The zero-order valence-corrected chi connectivity index (χ0v) is 23.3. The maximum atomic E-state index is 12.9. The van der Waals surface area contributed by atoms with Crippen molar-refractivity contribution in [3.05, 3.63) is 56.4 Å². The first-order chi connectivity index (χ1) is 17.6. The lowest BCUT2D eigenvalue weighted by atomic mass is 10.2. The number of thioether (sulfide) groups is 1. The van der Waals surface area contributed by atoms with Crippen LogP contribution in [0.15, 0.2) is 50.7 Å². The molecular weight excluding hydrogens is 612 g/mol. The van der Waals surface area contributed by atoms with Gasteiger partial charge in [0.05, 0.1) is 29.7 Å². The Morgan fingerprint density at radius 3 is 2.51 bits per heavy atom. The summed E-state index contributed by atoms with van der Waals surface area (Å²) in [6, 6.07) is 8.45. The Morgan fingerprint density at radius 1 is 1.19 bits per heavy atom.